The molecule has 3 nitrogen and oxygen atoms in total. The highest BCUT2D eigenvalue weighted by molar-refractivity contribution is 5.98. The number of Topliss-reactive ketones (excluding diaryl/α,β-unsaturated/α-hetero) is 1. The molecule has 88 valence electrons. The molecule has 0 aromatic heterocycles. The fourth-order valence-electron chi connectivity index (χ4n) is 1.39. The summed E-state index contributed by atoms with van der Waals surface area (Å²) in [5.74, 6) is -0.185. The first-order chi connectivity index (χ1) is 7.54. The number of ether oxygens (including phenoxy) is 1. The van der Waals surface area contributed by atoms with Gasteiger partial charge in [-0.25, -0.2) is 4.39 Å². The molecule has 0 radical (unpaired) electrons. The Hall–Kier alpha value is -1.42. The van der Waals surface area contributed by atoms with Crippen LogP contribution in [0.3, 0.4) is 0 Å². The first-order valence-corrected chi connectivity index (χ1v) is 5.17. The van der Waals surface area contributed by atoms with Crippen molar-refractivity contribution in [1.29, 1.82) is 0 Å². The molecule has 0 amide bonds. The second-order valence-electron chi connectivity index (χ2n) is 3.78. The third-order valence-electron chi connectivity index (χ3n) is 2.29. The van der Waals surface area contributed by atoms with E-state index in [1.54, 1.807) is 0 Å². The number of benzene rings is 1. The monoisotopic (exact) mass is 225 g/mol. The lowest BCUT2D eigenvalue weighted by Crippen LogP contribution is -2.16. The minimum Gasteiger partial charge on any atom is -0.496 e. The molecule has 0 saturated carbocycles. The van der Waals surface area contributed by atoms with Crippen LogP contribution in [0.4, 0.5) is 4.39 Å². The highest BCUT2D eigenvalue weighted by Crippen LogP contribution is 2.21. The molecule has 0 aliphatic heterocycles. The number of carbonyl (C=O) groups excluding carboxylic acids is 1. The van der Waals surface area contributed by atoms with E-state index in [4.69, 9.17) is 10.5 Å². The largest absolute Gasteiger partial charge is 0.496 e. The minimum absolute atomic E-state index is 0.0384. The summed E-state index contributed by atoms with van der Waals surface area (Å²) in [4.78, 5) is 11.8. The van der Waals surface area contributed by atoms with Crippen LogP contribution in [0.5, 0.6) is 5.75 Å². The molecule has 16 heavy (non-hydrogen) atoms. The van der Waals surface area contributed by atoms with E-state index >= 15 is 0 Å². The lowest BCUT2D eigenvalue weighted by Gasteiger charge is -2.08. The van der Waals surface area contributed by atoms with Crippen LogP contribution in [0.1, 0.15) is 30.1 Å². The average molecular weight is 225 g/mol. The van der Waals surface area contributed by atoms with E-state index in [-0.39, 0.29) is 17.4 Å². The molecule has 0 aliphatic rings. The molecule has 0 aliphatic carbocycles. The Morgan fingerprint density at radius 1 is 1.56 bits per heavy atom. The zero-order chi connectivity index (χ0) is 12.1. The second-order valence-corrected chi connectivity index (χ2v) is 3.78. The van der Waals surface area contributed by atoms with Gasteiger partial charge in [0.05, 0.1) is 12.7 Å². The van der Waals surface area contributed by atoms with Gasteiger partial charge >= 0.3 is 0 Å². The molecule has 2 N–H and O–H groups in total. The SMILES string of the molecule is COc1ccc(F)cc1C(=O)CCC(C)N. The smallest absolute Gasteiger partial charge is 0.166 e. The van der Waals surface area contributed by atoms with Crippen LogP contribution in [-0.4, -0.2) is 18.9 Å². The predicted octanol–water partition coefficient (Wildman–Crippen LogP) is 2.14. The number of ketones is 1. The Kier molecular flexibility index (Phi) is 4.43. The number of halogens is 1. The maximum absolute atomic E-state index is 13.0. The van der Waals surface area contributed by atoms with E-state index in [1.807, 2.05) is 6.92 Å². The van der Waals surface area contributed by atoms with Gasteiger partial charge in [-0.05, 0) is 31.5 Å². The summed E-state index contributed by atoms with van der Waals surface area (Å²) in [6.45, 7) is 1.83. The lowest BCUT2D eigenvalue weighted by atomic mass is 10.0. The number of nitrogens with two attached hydrogens (primary N) is 1. The van der Waals surface area contributed by atoms with Gasteiger partial charge in [-0.3, -0.25) is 4.79 Å². The van der Waals surface area contributed by atoms with Crippen LogP contribution in [0, 0.1) is 5.82 Å². The van der Waals surface area contributed by atoms with Crippen molar-refractivity contribution in [3.63, 3.8) is 0 Å². The molecule has 1 unspecified atom stereocenters. The van der Waals surface area contributed by atoms with E-state index in [0.717, 1.165) is 0 Å². The van der Waals surface area contributed by atoms with Crippen molar-refractivity contribution in [1.82, 2.24) is 0 Å². The van der Waals surface area contributed by atoms with E-state index in [2.05, 4.69) is 0 Å². The second kappa shape index (κ2) is 5.61. The van der Waals surface area contributed by atoms with Gasteiger partial charge in [-0.1, -0.05) is 0 Å². The van der Waals surface area contributed by atoms with Gasteiger partial charge in [-0.2, -0.15) is 0 Å². The number of hydrogen-bond acceptors (Lipinski definition) is 3. The van der Waals surface area contributed by atoms with Crippen molar-refractivity contribution >= 4 is 5.78 Å². The van der Waals surface area contributed by atoms with E-state index in [1.165, 1.54) is 25.3 Å². The van der Waals surface area contributed by atoms with Crippen molar-refractivity contribution in [3.8, 4) is 5.75 Å². The highest BCUT2D eigenvalue weighted by atomic mass is 19.1. The zero-order valence-corrected chi connectivity index (χ0v) is 9.50. The third kappa shape index (κ3) is 3.31. The number of hydrogen-bond donors (Lipinski definition) is 1. The quantitative estimate of drug-likeness (QED) is 0.781. The van der Waals surface area contributed by atoms with Crippen LogP contribution in [0.15, 0.2) is 18.2 Å². The van der Waals surface area contributed by atoms with Crippen LogP contribution in [-0.2, 0) is 0 Å². The van der Waals surface area contributed by atoms with Crippen molar-refractivity contribution < 1.29 is 13.9 Å². The molecule has 1 aromatic rings. The first-order valence-electron chi connectivity index (χ1n) is 5.17. The Morgan fingerprint density at radius 3 is 2.81 bits per heavy atom. The van der Waals surface area contributed by atoms with Crippen molar-refractivity contribution in [3.05, 3.63) is 29.6 Å². The Balaban J connectivity index is 2.84. The van der Waals surface area contributed by atoms with Gasteiger partial charge in [0.25, 0.3) is 0 Å². The first kappa shape index (κ1) is 12.6. The summed E-state index contributed by atoms with van der Waals surface area (Å²) in [5.41, 5.74) is 5.84. The summed E-state index contributed by atoms with van der Waals surface area (Å²) in [6, 6.07) is 3.88. The van der Waals surface area contributed by atoms with Crippen LogP contribution >= 0.6 is 0 Å². The van der Waals surface area contributed by atoms with E-state index < -0.39 is 5.82 Å². The number of rotatable bonds is 5. The van der Waals surface area contributed by atoms with Gasteiger partial charge in [0, 0.05) is 12.5 Å². The fourth-order valence-corrected chi connectivity index (χ4v) is 1.39. The lowest BCUT2D eigenvalue weighted by molar-refractivity contribution is 0.0974. The summed E-state index contributed by atoms with van der Waals surface area (Å²) in [6.07, 6.45) is 0.885. The molecule has 0 saturated heterocycles. The Labute approximate surface area is 94.4 Å². The third-order valence-corrected chi connectivity index (χ3v) is 2.29. The van der Waals surface area contributed by atoms with Crippen LogP contribution < -0.4 is 10.5 Å². The van der Waals surface area contributed by atoms with Crippen molar-refractivity contribution in [2.24, 2.45) is 5.73 Å². The van der Waals surface area contributed by atoms with Gasteiger partial charge in [0.1, 0.15) is 11.6 Å². The van der Waals surface area contributed by atoms with Crippen molar-refractivity contribution in [2.75, 3.05) is 7.11 Å². The van der Waals surface area contributed by atoms with E-state index in [0.29, 0.717) is 18.6 Å². The molecule has 1 rings (SSSR count). The summed E-state index contributed by atoms with van der Waals surface area (Å²) in [5, 5.41) is 0. The van der Waals surface area contributed by atoms with Gasteiger partial charge < -0.3 is 10.5 Å². The van der Waals surface area contributed by atoms with Crippen molar-refractivity contribution in [2.45, 2.75) is 25.8 Å². The van der Waals surface area contributed by atoms with Gasteiger partial charge in [0.2, 0.25) is 0 Å². The topological polar surface area (TPSA) is 52.3 Å². The van der Waals surface area contributed by atoms with Gasteiger partial charge in [-0.15, -0.1) is 0 Å². The van der Waals surface area contributed by atoms with Crippen LogP contribution in [0.25, 0.3) is 0 Å². The molecular formula is C12H16FNO2. The normalized spacial score (nSPS) is 12.2. The minimum atomic E-state index is -0.440. The number of carbonyl (C=O) groups is 1. The summed E-state index contributed by atoms with van der Waals surface area (Å²) >= 11 is 0. The molecule has 4 heteroatoms. The van der Waals surface area contributed by atoms with Gasteiger partial charge in [0.15, 0.2) is 5.78 Å². The van der Waals surface area contributed by atoms with Crippen LogP contribution in [0.2, 0.25) is 0 Å². The predicted molar refractivity (Wildman–Crippen MR) is 60.2 cm³/mol. The zero-order valence-electron chi connectivity index (χ0n) is 9.50. The maximum Gasteiger partial charge on any atom is 0.166 e. The Bertz CT molecular complexity index is 377. The highest BCUT2D eigenvalue weighted by Gasteiger charge is 2.13. The molecule has 1 atom stereocenters. The molecule has 0 heterocycles. The maximum atomic E-state index is 13.0. The molecule has 1 aromatic carbocycles. The molecule has 0 bridgehead atoms. The molecule has 0 spiro atoms. The Morgan fingerprint density at radius 2 is 2.25 bits per heavy atom. The standard InChI is InChI=1S/C12H16FNO2/c1-8(14)3-5-11(15)10-7-9(13)4-6-12(10)16-2/h4,6-8H,3,5,14H2,1-2H3. The van der Waals surface area contributed by atoms with E-state index in [9.17, 15) is 9.18 Å². The average Bonchev–Trinajstić information content (AvgIpc) is 2.25. The molecule has 0 fully saturated rings. The molecular weight excluding hydrogens is 209 g/mol. The number of methoxy groups -OCH3 is 1. The summed E-state index contributed by atoms with van der Waals surface area (Å²) < 4.78 is 18.0. The summed E-state index contributed by atoms with van der Waals surface area (Å²) in [7, 11) is 1.45. The fraction of sp³-hybridized carbons (Fsp3) is 0.417.